The fourth-order valence-electron chi connectivity index (χ4n) is 1.01. The van der Waals surface area contributed by atoms with Crippen molar-refractivity contribution in [2.45, 2.75) is 13.5 Å². The summed E-state index contributed by atoms with van der Waals surface area (Å²) >= 11 is 5.79. The summed E-state index contributed by atoms with van der Waals surface area (Å²) in [6, 6.07) is 3.46. The van der Waals surface area contributed by atoms with Crippen LogP contribution in [0, 0.1) is 6.92 Å². The first-order chi connectivity index (χ1) is 7.25. The molecule has 0 amide bonds. The predicted octanol–water partition coefficient (Wildman–Crippen LogP) is 2.01. The Hall–Kier alpha value is -1.62. The standard InChI is InChI=1S/C9H8ClN3O2/c1-6-12-13-8(15-6)5-14-7-3-2-4-11-9(7)10/h2-4H,5H2,1H3. The Morgan fingerprint density at radius 3 is 3.00 bits per heavy atom. The van der Waals surface area contributed by atoms with Gasteiger partial charge in [-0.2, -0.15) is 0 Å². The number of aromatic nitrogens is 3. The number of rotatable bonds is 3. The van der Waals surface area contributed by atoms with Crippen LogP contribution in [0.5, 0.6) is 5.75 Å². The minimum absolute atomic E-state index is 0.187. The van der Waals surface area contributed by atoms with E-state index in [2.05, 4.69) is 15.2 Å². The molecule has 2 rings (SSSR count). The van der Waals surface area contributed by atoms with E-state index in [1.54, 1.807) is 25.3 Å². The molecule has 0 aliphatic carbocycles. The number of ether oxygens (including phenoxy) is 1. The van der Waals surface area contributed by atoms with E-state index >= 15 is 0 Å². The second-order valence-electron chi connectivity index (χ2n) is 2.80. The lowest BCUT2D eigenvalue weighted by atomic mass is 10.5. The van der Waals surface area contributed by atoms with E-state index in [-0.39, 0.29) is 6.61 Å². The summed E-state index contributed by atoms with van der Waals surface area (Å²) in [6.45, 7) is 1.90. The summed E-state index contributed by atoms with van der Waals surface area (Å²) in [6.07, 6.45) is 1.59. The maximum absolute atomic E-state index is 5.79. The molecule has 0 aliphatic rings. The first-order valence-corrected chi connectivity index (χ1v) is 4.66. The molecule has 0 fully saturated rings. The number of hydrogen-bond donors (Lipinski definition) is 0. The third kappa shape index (κ3) is 2.44. The van der Waals surface area contributed by atoms with Crippen molar-refractivity contribution in [1.82, 2.24) is 15.2 Å². The zero-order valence-electron chi connectivity index (χ0n) is 7.98. The Morgan fingerprint density at radius 1 is 1.47 bits per heavy atom. The molecular formula is C9H8ClN3O2. The zero-order chi connectivity index (χ0) is 10.7. The Morgan fingerprint density at radius 2 is 2.33 bits per heavy atom. The molecule has 0 N–H and O–H groups in total. The van der Waals surface area contributed by atoms with Gasteiger partial charge in [0.1, 0.15) is 0 Å². The first-order valence-electron chi connectivity index (χ1n) is 4.28. The molecule has 15 heavy (non-hydrogen) atoms. The smallest absolute Gasteiger partial charge is 0.253 e. The van der Waals surface area contributed by atoms with Crippen LogP contribution in [-0.4, -0.2) is 15.2 Å². The summed E-state index contributed by atoms with van der Waals surface area (Å²) in [5, 5.41) is 7.78. The Balaban J connectivity index is 2.02. The van der Waals surface area contributed by atoms with Gasteiger partial charge in [-0.1, -0.05) is 11.6 Å². The lowest BCUT2D eigenvalue weighted by Crippen LogP contribution is -1.96. The molecule has 0 saturated heterocycles. The van der Waals surface area contributed by atoms with Crippen LogP contribution in [0.15, 0.2) is 22.7 Å². The van der Waals surface area contributed by atoms with Gasteiger partial charge < -0.3 is 9.15 Å². The van der Waals surface area contributed by atoms with Crippen molar-refractivity contribution in [1.29, 1.82) is 0 Å². The summed E-state index contributed by atoms with van der Waals surface area (Å²) in [4.78, 5) is 3.87. The third-order valence-electron chi connectivity index (χ3n) is 1.64. The minimum Gasteiger partial charge on any atom is -0.481 e. The Labute approximate surface area is 91.1 Å². The Kier molecular flexibility index (Phi) is 2.82. The predicted molar refractivity (Wildman–Crippen MR) is 52.6 cm³/mol. The highest BCUT2D eigenvalue weighted by molar-refractivity contribution is 6.30. The molecule has 2 heterocycles. The third-order valence-corrected chi connectivity index (χ3v) is 1.93. The molecule has 5 nitrogen and oxygen atoms in total. The van der Waals surface area contributed by atoms with Crippen molar-refractivity contribution in [3.05, 3.63) is 35.3 Å². The molecule has 2 aromatic heterocycles. The summed E-state index contributed by atoms with van der Waals surface area (Å²) in [5.74, 6) is 1.41. The van der Waals surface area contributed by atoms with Crippen molar-refractivity contribution in [2.24, 2.45) is 0 Å². The van der Waals surface area contributed by atoms with E-state index in [1.165, 1.54) is 0 Å². The van der Waals surface area contributed by atoms with E-state index < -0.39 is 0 Å². The topological polar surface area (TPSA) is 61.0 Å². The molecular weight excluding hydrogens is 218 g/mol. The molecule has 0 atom stereocenters. The summed E-state index contributed by atoms with van der Waals surface area (Å²) in [7, 11) is 0. The summed E-state index contributed by atoms with van der Waals surface area (Å²) < 4.78 is 10.5. The van der Waals surface area contributed by atoms with Gasteiger partial charge in [0, 0.05) is 13.1 Å². The molecule has 6 heteroatoms. The zero-order valence-corrected chi connectivity index (χ0v) is 8.73. The monoisotopic (exact) mass is 225 g/mol. The van der Waals surface area contributed by atoms with Crippen LogP contribution in [0.25, 0.3) is 0 Å². The van der Waals surface area contributed by atoms with Crippen molar-refractivity contribution < 1.29 is 9.15 Å². The normalized spacial score (nSPS) is 10.3. The Bertz CT molecular complexity index is 458. The van der Waals surface area contributed by atoms with Gasteiger partial charge in [0.25, 0.3) is 5.89 Å². The van der Waals surface area contributed by atoms with Gasteiger partial charge in [0.2, 0.25) is 5.89 Å². The molecule has 0 saturated carbocycles. The molecule has 0 unspecified atom stereocenters. The lowest BCUT2D eigenvalue weighted by molar-refractivity contribution is 0.260. The minimum atomic E-state index is 0.187. The molecule has 0 aromatic carbocycles. The van der Waals surface area contributed by atoms with Crippen LogP contribution in [-0.2, 0) is 6.61 Å². The maximum Gasteiger partial charge on any atom is 0.253 e. The van der Waals surface area contributed by atoms with Crippen LogP contribution in [0.3, 0.4) is 0 Å². The molecule has 0 bridgehead atoms. The van der Waals surface area contributed by atoms with E-state index in [4.69, 9.17) is 20.8 Å². The molecule has 0 radical (unpaired) electrons. The van der Waals surface area contributed by atoms with Gasteiger partial charge in [-0.3, -0.25) is 0 Å². The number of pyridine rings is 1. The highest BCUT2D eigenvalue weighted by atomic mass is 35.5. The van der Waals surface area contributed by atoms with Gasteiger partial charge in [-0.05, 0) is 12.1 Å². The van der Waals surface area contributed by atoms with Crippen molar-refractivity contribution in [3.8, 4) is 5.75 Å². The van der Waals surface area contributed by atoms with Gasteiger partial charge in [-0.25, -0.2) is 4.98 Å². The fraction of sp³-hybridized carbons (Fsp3) is 0.222. The highest BCUT2D eigenvalue weighted by Crippen LogP contribution is 2.21. The number of halogens is 1. The van der Waals surface area contributed by atoms with Gasteiger partial charge in [0.15, 0.2) is 17.5 Å². The largest absolute Gasteiger partial charge is 0.481 e. The maximum atomic E-state index is 5.79. The number of aryl methyl sites for hydroxylation is 1. The van der Waals surface area contributed by atoms with Gasteiger partial charge in [-0.15, -0.1) is 10.2 Å². The second-order valence-corrected chi connectivity index (χ2v) is 3.15. The van der Waals surface area contributed by atoms with Crippen LogP contribution < -0.4 is 4.74 Å². The quantitative estimate of drug-likeness (QED) is 0.748. The average molecular weight is 226 g/mol. The van der Waals surface area contributed by atoms with Crippen LogP contribution in [0.2, 0.25) is 5.15 Å². The SMILES string of the molecule is Cc1nnc(COc2cccnc2Cl)o1. The van der Waals surface area contributed by atoms with Crippen LogP contribution >= 0.6 is 11.6 Å². The van der Waals surface area contributed by atoms with Gasteiger partial charge in [0.05, 0.1) is 0 Å². The molecule has 2 aromatic rings. The van der Waals surface area contributed by atoms with E-state index in [9.17, 15) is 0 Å². The van der Waals surface area contributed by atoms with Gasteiger partial charge >= 0.3 is 0 Å². The highest BCUT2D eigenvalue weighted by Gasteiger charge is 2.05. The molecule has 78 valence electrons. The summed E-state index contributed by atoms with van der Waals surface area (Å²) in [5.41, 5.74) is 0. The number of nitrogens with zero attached hydrogens (tertiary/aromatic N) is 3. The van der Waals surface area contributed by atoms with E-state index in [1.807, 2.05) is 0 Å². The first kappa shape index (κ1) is 9.92. The fourth-order valence-corrected chi connectivity index (χ4v) is 1.19. The lowest BCUT2D eigenvalue weighted by Gasteiger charge is -2.03. The molecule has 0 aliphatic heterocycles. The number of hydrogen-bond acceptors (Lipinski definition) is 5. The van der Waals surface area contributed by atoms with Crippen LogP contribution in [0.4, 0.5) is 0 Å². The van der Waals surface area contributed by atoms with Crippen LogP contribution in [0.1, 0.15) is 11.8 Å². The second kappa shape index (κ2) is 4.27. The molecule has 0 spiro atoms. The average Bonchev–Trinajstić information content (AvgIpc) is 2.63. The van der Waals surface area contributed by atoms with Crippen molar-refractivity contribution >= 4 is 11.6 Å². The van der Waals surface area contributed by atoms with Crippen molar-refractivity contribution in [2.75, 3.05) is 0 Å². The van der Waals surface area contributed by atoms with E-state index in [0.29, 0.717) is 22.7 Å². The van der Waals surface area contributed by atoms with Crippen molar-refractivity contribution in [3.63, 3.8) is 0 Å². The van der Waals surface area contributed by atoms with E-state index in [0.717, 1.165) is 0 Å².